The minimum absolute atomic E-state index is 0.886. The lowest BCUT2D eigenvalue weighted by atomic mass is 10.2. The molecule has 0 aliphatic rings. The van der Waals surface area contributed by atoms with Gasteiger partial charge in [0.1, 0.15) is 0 Å². The van der Waals surface area contributed by atoms with E-state index in [1.807, 2.05) is 0 Å². The van der Waals surface area contributed by atoms with Gasteiger partial charge in [0, 0.05) is 12.3 Å². The van der Waals surface area contributed by atoms with Crippen molar-refractivity contribution >= 4 is 28.2 Å². The Bertz CT molecular complexity index is 465. The minimum Gasteiger partial charge on any atom is -0.360 e. The van der Waals surface area contributed by atoms with E-state index < -0.39 is 0 Å². The maximum absolute atomic E-state index is 4.14. The van der Waals surface area contributed by atoms with E-state index in [4.69, 9.17) is 0 Å². The molecule has 1 heterocycles. The third-order valence-electron chi connectivity index (χ3n) is 2.22. The smallest absolute Gasteiger partial charge is 0.206 e. The molecule has 90 valence electrons. The molecule has 2 aromatic rings. The van der Waals surface area contributed by atoms with E-state index in [1.165, 1.54) is 11.1 Å². The fourth-order valence-electron chi connectivity index (χ4n) is 1.32. The van der Waals surface area contributed by atoms with Crippen LogP contribution in [-0.2, 0) is 5.75 Å². The second kappa shape index (κ2) is 6.02. The van der Waals surface area contributed by atoms with Gasteiger partial charge in [-0.2, -0.15) is 0 Å². The highest BCUT2D eigenvalue weighted by Gasteiger charge is 2.03. The minimum atomic E-state index is 0.886. The van der Waals surface area contributed by atoms with Gasteiger partial charge in [0.15, 0.2) is 4.34 Å². The van der Waals surface area contributed by atoms with Crippen LogP contribution in [0, 0.1) is 6.92 Å². The van der Waals surface area contributed by atoms with E-state index in [9.17, 15) is 0 Å². The Balaban J connectivity index is 1.90. The van der Waals surface area contributed by atoms with Gasteiger partial charge in [-0.05, 0) is 19.4 Å². The number of benzene rings is 1. The summed E-state index contributed by atoms with van der Waals surface area (Å²) in [6.45, 7) is 5.04. The second-order valence-corrected chi connectivity index (χ2v) is 5.88. The summed E-state index contributed by atoms with van der Waals surface area (Å²) in [4.78, 5) is 0. The Morgan fingerprint density at radius 1 is 1.24 bits per heavy atom. The van der Waals surface area contributed by atoms with Gasteiger partial charge in [0.2, 0.25) is 5.13 Å². The van der Waals surface area contributed by atoms with Crippen LogP contribution in [0.1, 0.15) is 18.1 Å². The number of rotatable bonds is 5. The Morgan fingerprint density at radius 2 is 2.00 bits per heavy atom. The van der Waals surface area contributed by atoms with Crippen molar-refractivity contribution in [2.75, 3.05) is 11.9 Å². The summed E-state index contributed by atoms with van der Waals surface area (Å²) >= 11 is 3.34. The number of nitrogens with zero attached hydrogens (tertiary/aromatic N) is 2. The highest BCUT2D eigenvalue weighted by atomic mass is 32.2. The van der Waals surface area contributed by atoms with Gasteiger partial charge in [0.25, 0.3) is 0 Å². The van der Waals surface area contributed by atoms with Crippen LogP contribution in [-0.4, -0.2) is 16.7 Å². The molecular weight excluding hydrogens is 250 g/mol. The van der Waals surface area contributed by atoms with Crippen LogP contribution < -0.4 is 5.32 Å². The zero-order valence-corrected chi connectivity index (χ0v) is 11.6. The Hall–Kier alpha value is -1.07. The lowest BCUT2D eigenvalue weighted by Gasteiger charge is -1.99. The Morgan fingerprint density at radius 3 is 2.71 bits per heavy atom. The largest absolute Gasteiger partial charge is 0.360 e. The van der Waals surface area contributed by atoms with Gasteiger partial charge in [-0.1, -0.05) is 52.9 Å². The third-order valence-corrected chi connectivity index (χ3v) is 4.30. The zero-order valence-electron chi connectivity index (χ0n) is 9.93. The molecule has 0 spiro atoms. The molecule has 0 radical (unpaired) electrons. The zero-order chi connectivity index (χ0) is 12.1. The Kier molecular flexibility index (Phi) is 4.39. The van der Waals surface area contributed by atoms with E-state index in [2.05, 4.69) is 53.6 Å². The molecule has 2 rings (SSSR count). The van der Waals surface area contributed by atoms with Crippen molar-refractivity contribution in [1.29, 1.82) is 0 Å². The van der Waals surface area contributed by atoms with Crippen molar-refractivity contribution in [3.05, 3.63) is 35.4 Å². The normalized spacial score (nSPS) is 10.5. The second-order valence-electron chi connectivity index (χ2n) is 3.68. The average molecular weight is 265 g/mol. The number of anilines is 1. The number of hydrogen-bond donors (Lipinski definition) is 1. The summed E-state index contributed by atoms with van der Waals surface area (Å²) in [6.07, 6.45) is 0. The molecule has 0 fully saturated rings. The fourth-order valence-corrected chi connectivity index (χ4v) is 3.10. The molecule has 1 aromatic heterocycles. The number of nitrogens with one attached hydrogen (secondary N) is 1. The SMILES string of the molecule is CCNc1nnc(SCc2ccc(C)cc2)s1. The first kappa shape index (κ1) is 12.4. The molecule has 3 nitrogen and oxygen atoms in total. The summed E-state index contributed by atoms with van der Waals surface area (Å²) in [6, 6.07) is 8.60. The lowest BCUT2D eigenvalue weighted by molar-refractivity contribution is 1.00. The van der Waals surface area contributed by atoms with E-state index in [1.54, 1.807) is 23.1 Å². The van der Waals surface area contributed by atoms with Gasteiger partial charge in [-0.3, -0.25) is 0 Å². The van der Waals surface area contributed by atoms with E-state index in [-0.39, 0.29) is 0 Å². The van der Waals surface area contributed by atoms with Gasteiger partial charge in [-0.25, -0.2) is 0 Å². The maximum Gasteiger partial charge on any atom is 0.206 e. The molecule has 0 unspecified atom stereocenters. The molecule has 17 heavy (non-hydrogen) atoms. The summed E-state index contributed by atoms with van der Waals surface area (Å²) in [5.74, 6) is 0.945. The summed E-state index contributed by atoms with van der Waals surface area (Å²) < 4.78 is 1.02. The van der Waals surface area contributed by atoms with Crippen molar-refractivity contribution in [3.63, 3.8) is 0 Å². The predicted molar refractivity (Wildman–Crippen MR) is 74.8 cm³/mol. The van der Waals surface area contributed by atoms with Crippen LogP contribution in [0.4, 0.5) is 5.13 Å². The summed E-state index contributed by atoms with van der Waals surface area (Å²) in [7, 11) is 0. The van der Waals surface area contributed by atoms with Gasteiger partial charge >= 0.3 is 0 Å². The Labute approximate surface area is 110 Å². The van der Waals surface area contributed by atoms with Crippen molar-refractivity contribution in [1.82, 2.24) is 10.2 Å². The lowest BCUT2D eigenvalue weighted by Crippen LogP contribution is -1.94. The third kappa shape index (κ3) is 3.71. The number of aryl methyl sites for hydroxylation is 1. The van der Waals surface area contributed by atoms with E-state index in [0.717, 1.165) is 21.8 Å². The molecule has 0 saturated carbocycles. The molecule has 0 saturated heterocycles. The van der Waals surface area contributed by atoms with Crippen molar-refractivity contribution in [2.24, 2.45) is 0 Å². The van der Waals surface area contributed by atoms with Crippen molar-refractivity contribution in [3.8, 4) is 0 Å². The first-order chi connectivity index (χ1) is 8.28. The first-order valence-electron chi connectivity index (χ1n) is 5.53. The molecule has 0 amide bonds. The maximum atomic E-state index is 4.14. The van der Waals surface area contributed by atoms with Crippen molar-refractivity contribution in [2.45, 2.75) is 23.9 Å². The van der Waals surface area contributed by atoms with Crippen LogP contribution in [0.5, 0.6) is 0 Å². The average Bonchev–Trinajstić information content (AvgIpc) is 2.77. The molecule has 0 atom stereocenters. The van der Waals surface area contributed by atoms with Crippen molar-refractivity contribution < 1.29 is 0 Å². The molecule has 0 bridgehead atoms. The number of thioether (sulfide) groups is 1. The van der Waals surface area contributed by atoms with Gasteiger partial charge in [-0.15, -0.1) is 10.2 Å². The molecule has 1 N–H and O–H groups in total. The van der Waals surface area contributed by atoms with Crippen LogP contribution in [0.3, 0.4) is 0 Å². The van der Waals surface area contributed by atoms with E-state index >= 15 is 0 Å². The standard InChI is InChI=1S/C12H15N3S2/c1-3-13-11-14-15-12(17-11)16-8-10-6-4-9(2)5-7-10/h4-7H,3,8H2,1-2H3,(H,13,14). The van der Waals surface area contributed by atoms with Gasteiger partial charge in [0.05, 0.1) is 0 Å². The van der Waals surface area contributed by atoms with Crippen LogP contribution in [0.15, 0.2) is 28.6 Å². The van der Waals surface area contributed by atoms with Crippen LogP contribution in [0.2, 0.25) is 0 Å². The topological polar surface area (TPSA) is 37.8 Å². The predicted octanol–water partition coefficient (Wildman–Crippen LogP) is 3.57. The molecule has 0 aliphatic carbocycles. The quantitative estimate of drug-likeness (QED) is 0.839. The monoisotopic (exact) mass is 265 g/mol. The first-order valence-corrected chi connectivity index (χ1v) is 7.34. The highest BCUT2D eigenvalue weighted by molar-refractivity contribution is 8.00. The number of hydrogen-bond acceptors (Lipinski definition) is 5. The number of aromatic nitrogens is 2. The highest BCUT2D eigenvalue weighted by Crippen LogP contribution is 2.28. The van der Waals surface area contributed by atoms with Crippen LogP contribution in [0.25, 0.3) is 0 Å². The van der Waals surface area contributed by atoms with Crippen LogP contribution >= 0.6 is 23.1 Å². The van der Waals surface area contributed by atoms with E-state index in [0.29, 0.717) is 0 Å². The summed E-state index contributed by atoms with van der Waals surface area (Å²) in [5.41, 5.74) is 2.62. The fraction of sp³-hybridized carbons (Fsp3) is 0.333. The molecule has 5 heteroatoms. The molecular formula is C12H15N3S2. The molecule has 1 aromatic carbocycles. The molecule has 0 aliphatic heterocycles. The summed E-state index contributed by atoms with van der Waals surface area (Å²) in [5, 5.41) is 12.3. The van der Waals surface area contributed by atoms with Gasteiger partial charge < -0.3 is 5.32 Å².